The minimum Gasteiger partial charge on any atom is -0.330 e. The highest BCUT2D eigenvalue weighted by Gasteiger charge is 2.34. The number of benzene rings is 1. The third-order valence-corrected chi connectivity index (χ3v) is 3.40. The van der Waals surface area contributed by atoms with Gasteiger partial charge >= 0.3 is 0 Å². The van der Waals surface area contributed by atoms with E-state index in [4.69, 9.17) is 11.5 Å². The van der Waals surface area contributed by atoms with E-state index in [1.807, 2.05) is 18.2 Å². The zero-order valence-corrected chi connectivity index (χ0v) is 11.1. The fourth-order valence-corrected chi connectivity index (χ4v) is 2.26. The quantitative estimate of drug-likeness (QED) is 0.810. The Kier molecular flexibility index (Phi) is 3.97. The topological polar surface area (TPSA) is 89.4 Å². The molecule has 0 aromatic heterocycles. The van der Waals surface area contributed by atoms with Crippen molar-refractivity contribution >= 4 is 17.5 Å². The van der Waals surface area contributed by atoms with Crippen molar-refractivity contribution < 1.29 is 9.59 Å². The van der Waals surface area contributed by atoms with Crippen molar-refractivity contribution in [2.45, 2.75) is 19.8 Å². The van der Waals surface area contributed by atoms with Gasteiger partial charge in [-0.25, -0.2) is 4.90 Å². The summed E-state index contributed by atoms with van der Waals surface area (Å²) in [6, 6.07) is 5.70. The number of carbonyl (C=O) groups is 2. The number of anilines is 1. The van der Waals surface area contributed by atoms with Crippen LogP contribution < -0.4 is 16.4 Å². The molecule has 4 N–H and O–H groups in total. The predicted octanol–water partition coefficient (Wildman–Crippen LogP) is 0.198. The number of amides is 2. The van der Waals surface area contributed by atoms with Crippen LogP contribution in [0.15, 0.2) is 18.2 Å². The van der Waals surface area contributed by atoms with E-state index < -0.39 is 0 Å². The van der Waals surface area contributed by atoms with Crippen LogP contribution >= 0.6 is 0 Å². The molecule has 1 aromatic carbocycles. The lowest BCUT2D eigenvalue weighted by Gasteiger charge is -2.19. The summed E-state index contributed by atoms with van der Waals surface area (Å²) in [5, 5.41) is 0. The second kappa shape index (κ2) is 5.50. The molecule has 0 saturated carbocycles. The van der Waals surface area contributed by atoms with E-state index in [9.17, 15) is 9.59 Å². The first kappa shape index (κ1) is 13.7. The van der Waals surface area contributed by atoms with Crippen molar-refractivity contribution in [2.75, 3.05) is 18.0 Å². The largest absolute Gasteiger partial charge is 0.330 e. The third kappa shape index (κ3) is 2.52. The molecular weight excluding hydrogens is 242 g/mol. The van der Waals surface area contributed by atoms with Crippen LogP contribution in [0.2, 0.25) is 0 Å². The maximum Gasteiger partial charge on any atom is 0.238 e. The molecular formula is C14H19N3O2. The zero-order valence-electron chi connectivity index (χ0n) is 11.1. The number of rotatable bonds is 4. The fourth-order valence-electron chi connectivity index (χ4n) is 2.26. The molecule has 1 aliphatic heterocycles. The van der Waals surface area contributed by atoms with Crippen molar-refractivity contribution in [2.24, 2.45) is 17.4 Å². The predicted molar refractivity (Wildman–Crippen MR) is 73.6 cm³/mol. The number of hydrogen-bond donors (Lipinski definition) is 2. The average molecular weight is 261 g/mol. The van der Waals surface area contributed by atoms with Gasteiger partial charge in [0.1, 0.15) is 0 Å². The molecule has 5 nitrogen and oxygen atoms in total. The first-order valence-corrected chi connectivity index (χ1v) is 6.47. The molecule has 0 spiro atoms. The third-order valence-electron chi connectivity index (χ3n) is 3.40. The van der Waals surface area contributed by atoms with Crippen LogP contribution in [0.3, 0.4) is 0 Å². The summed E-state index contributed by atoms with van der Waals surface area (Å²) in [6.45, 7) is 2.54. The van der Waals surface area contributed by atoms with Gasteiger partial charge in [0.15, 0.2) is 0 Å². The summed E-state index contributed by atoms with van der Waals surface area (Å²) < 4.78 is 0. The molecule has 1 aliphatic rings. The molecule has 1 heterocycles. The molecule has 2 rings (SSSR count). The Morgan fingerprint density at radius 3 is 2.79 bits per heavy atom. The van der Waals surface area contributed by atoms with Crippen LogP contribution in [0.25, 0.3) is 0 Å². The Labute approximate surface area is 112 Å². The first-order chi connectivity index (χ1) is 9.08. The van der Waals surface area contributed by atoms with Gasteiger partial charge in [0.05, 0.1) is 12.1 Å². The summed E-state index contributed by atoms with van der Waals surface area (Å²) in [6.07, 6.45) is 1.05. The monoisotopic (exact) mass is 261 g/mol. The van der Waals surface area contributed by atoms with E-state index in [1.165, 1.54) is 4.90 Å². The number of hydrogen-bond acceptors (Lipinski definition) is 4. The molecule has 0 radical (unpaired) electrons. The van der Waals surface area contributed by atoms with Crippen LogP contribution in [0.4, 0.5) is 5.69 Å². The summed E-state index contributed by atoms with van der Waals surface area (Å²) in [5.74, 6) is -0.748. The van der Waals surface area contributed by atoms with E-state index in [0.29, 0.717) is 12.2 Å². The minimum absolute atomic E-state index is 0.176. The van der Waals surface area contributed by atoms with Crippen LogP contribution in [-0.2, 0) is 22.4 Å². The van der Waals surface area contributed by atoms with E-state index in [0.717, 1.165) is 17.5 Å². The van der Waals surface area contributed by atoms with Crippen molar-refractivity contribution in [1.82, 2.24) is 0 Å². The van der Waals surface area contributed by atoms with Gasteiger partial charge in [-0.1, -0.05) is 19.1 Å². The first-order valence-electron chi connectivity index (χ1n) is 6.47. The molecule has 19 heavy (non-hydrogen) atoms. The molecule has 2 amide bonds. The second-order valence-corrected chi connectivity index (χ2v) is 4.88. The summed E-state index contributed by atoms with van der Waals surface area (Å²) in [7, 11) is 0. The maximum atomic E-state index is 12.2. The molecule has 0 bridgehead atoms. The highest BCUT2D eigenvalue weighted by molar-refractivity contribution is 6.19. The van der Waals surface area contributed by atoms with E-state index in [1.54, 1.807) is 6.92 Å². The van der Waals surface area contributed by atoms with Gasteiger partial charge < -0.3 is 11.5 Å². The Morgan fingerprint density at radius 2 is 2.16 bits per heavy atom. The molecule has 102 valence electrons. The normalized spacial score (nSPS) is 15.5. The van der Waals surface area contributed by atoms with E-state index in [2.05, 4.69) is 0 Å². The van der Waals surface area contributed by atoms with Crippen LogP contribution in [0.5, 0.6) is 0 Å². The lowest BCUT2D eigenvalue weighted by atomic mass is 10.1. The second-order valence-electron chi connectivity index (χ2n) is 4.88. The summed E-state index contributed by atoms with van der Waals surface area (Å²) in [5.41, 5.74) is 13.7. The van der Waals surface area contributed by atoms with Gasteiger partial charge in [-0.05, 0) is 30.2 Å². The average Bonchev–Trinajstić information content (AvgIpc) is 2.72. The molecule has 0 aliphatic carbocycles. The van der Waals surface area contributed by atoms with Crippen LogP contribution in [-0.4, -0.2) is 24.9 Å². The number of nitrogens with two attached hydrogens (primary N) is 2. The van der Waals surface area contributed by atoms with Gasteiger partial charge in [0.25, 0.3) is 0 Å². The molecule has 1 unspecified atom stereocenters. The van der Waals surface area contributed by atoms with Gasteiger partial charge in [-0.15, -0.1) is 0 Å². The fraction of sp³-hybridized carbons (Fsp3) is 0.429. The Bertz CT molecular complexity index is 513. The van der Waals surface area contributed by atoms with Gasteiger partial charge in [-0.2, -0.15) is 0 Å². The Balaban J connectivity index is 2.32. The van der Waals surface area contributed by atoms with E-state index in [-0.39, 0.29) is 30.7 Å². The summed E-state index contributed by atoms with van der Waals surface area (Å²) >= 11 is 0. The molecule has 1 aromatic rings. The van der Waals surface area contributed by atoms with E-state index >= 15 is 0 Å². The number of imide groups is 1. The SMILES string of the molecule is CC(CN)C(=O)N1C(=O)Cc2cc(CCN)ccc21. The molecule has 0 saturated heterocycles. The van der Waals surface area contributed by atoms with Gasteiger partial charge in [0, 0.05) is 12.5 Å². The van der Waals surface area contributed by atoms with Crippen molar-refractivity contribution in [3.8, 4) is 0 Å². The molecule has 1 atom stereocenters. The van der Waals surface area contributed by atoms with Gasteiger partial charge in [0.2, 0.25) is 11.8 Å². The van der Waals surface area contributed by atoms with Crippen LogP contribution in [0.1, 0.15) is 18.1 Å². The maximum absolute atomic E-state index is 12.2. The van der Waals surface area contributed by atoms with Crippen molar-refractivity contribution in [1.29, 1.82) is 0 Å². The number of fused-ring (bicyclic) bond motifs is 1. The Hall–Kier alpha value is -1.72. The minimum atomic E-state index is -0.349. The van der Waals surface area contributed by atoms with Crippen molar-refractivity contribution in [3.63, 3.8) is 0 Å². The molecule has 0 fully saturated rings. The highest BCUT2D eigenvalue weighted by Crippen LogP contribution is 2.31. The number of carbonyl (C=O) groups excluding carboxylic acids is 2. The van der Waals surface area contributed by atoms with Gasteiger partial charge in [-0.3, -0.25) is 9.59 Å². The lowest BCUT2D eigenvalue weighted by molar-refractivity contribution is -0.127. The summed E-state index contributed by atoms with van der Waals surface area (Å²) in [4.78, 5) is 25.4. The smallest absolute Gasteiger partial charge is 0.238 e. The lowest BCUT2D eigenvalue weighted by Crippen LogP contribution is -2.40. The standard InChI is InChI=1S/C14H19N3O2/c1-9(8-16)14(19)17-12-3-2-10(4-5-15)6-11(12)7-13(17)18/h2-3,6,9H,4-5,7-8,15-16H2,1H3. The highest BCUT2D eigenvalue weighted by atomic mass is 16.2. The zero-order chi connectivity index (χ0) is 14.0. The molecule has 5 heteroatoms. The van der Waals surface area contributed by atoms with Crippen LogP contribution in [0, 0.1) is 5.92 Å². The van der Waals surface area contributed by atoms with Crippen molar-refractivity contribution in [3.05, 3.63) is 29.3 Å². The number of nitrogens with zero attached hydrogens (tertiary/aromatic N) is 1. The Morgan fingerprint density at radius 1 is 1.42 bits per heavy atom.